The molecule has 1 aliphatic carbocycles. The molecule has 1 aliphatic rings. The Morgan fingerprint density at radius 1 is 1.58 bits per heavy atom. The highest BCUT2D eigenvalue weighted by Gasteiger charge is 2.09. The molecule has 0 unspecified atom stereocenters. The quantitative estimate of drug-likeness (QED) is 0.615. The molecule has 0 aliphatic heterocycles. The van der Waals surface area contributed by atoms with Crippen LogP contribution in [0.5, 0.6) is 0 Å². The van der Waals surface area contributed by atoms with Crippen molar-refractivity contribution in [3.8, 4) is 0 Å². The zero-order valence-electron chi connectivity index (χ0n) is 7.92. The van der Waals surface area contributed by atoms with Crippen LogP contribution in [0.1, 0.15) is 19.8 Å². The van der Waals surface area contributed by atoms with Gasteiger partial charge in [-0.1, -0.05) is 12.5 Å². The summed E-state index contributed by atoms with van der Waals surface area (Å²) >= 11 is 0. The van der Waals surface area contributed by atoms with Crippen molar-refractivity contribution >= 4 is 5.71 Å². The normalized spacial score (nSPS) is 20.4. The Morgan fingerprint density at radius 3 is 2.83 bits per heavy atom. The summed E-state index contributed by atoms with van der Waals surface area (Å²) in [6.07, 6.45) is 6.28. The Hall–Kier alpha value is -1.05. The monoisotopic (exact) mass is 165 g/mol. The molecule has 0 bridgehead atoms. The van der Waals surface area contributed by atoms with Crippen molar-refractivity contribution in [2.45, 2.75) is 19.8 Å². The molecule has 0 aromatic heterocycles. The maximum absolute atomic E-state index is 5.17. The van der Waals surface area contributed by atoms with E-state index in [4.69, 9.17) is 4.74 Å². The Morgan fingerprint density at radius 2 is 2.33 bits per heavy atom. The van der Waals surface area contributed by atoms with Crippen LogP contribution >= 0.6 is 0 Å². The first-order chi connectivity index (χ1) is 5.81. The van der Waals surface area contributed by atoms with Gasteiger partial charge in [-0.25, -0.2) is 0 Å². The summed E-state index contributed by atoms with van der Waals surface area (Å²) in [5.41, 5.74) is 2.37. The van der Waals surface area contributed by atoms with Gasteiger partial charge < -0.3 is 4.74 Å². The predicted octanol–water partition coefficient (Wildman–Crippen LogP) is 2.33. The molecule has 0 amide bonds. The van der Waals surface area contributed by atoms with E-state index in [1.165, 1.54) is 5.57 Å². The lowest BCUT2D eigenvalue weighted by atomic mass is 10.0. The third-order valence-corrected chi connectivity index (χ3v) is 2.06. The predicted molar refractivity (Wildman–Crippen MR) is 51.4 cm³/mol. The molecule has 0 spiro atoms. The van der Waals surface area contributed by atoms with Gasteiger partial charge in [-0.15, -0.1) is 0 Å². The Bertz CT molecular complexity index is 249. The number of aliphatic imine (C=N–C) groups is 1. The van der Waals surface area contributed by atoms with Gasteiger partial charge in [0.2, 0.25) is 0 Å². The number of allylic oxidation sites excluding steroid dienone is 3. The number of methoxy groups -OCH3 is 1. The number of hydrogen-bond donors (Lipinski definition) is 0. The van der Waals surface area contributed by atoms with Gasteiger partial charge in [-0.2, -0.15) is 0 Å². The van der Waals surface area contributed by atoms with Crippen LogP contribution in [0, 0.1) is 0 Å². The minimum atomic E-state index is 0.898. The molecule has 0 atom stereocenters. The molecule has 0 aromatic carbocycles. The topological polar surface area (TPSA) is 21.6 Å². The summed E-state index contributed by atoms with van der Waals surface area (Å²) in [6.45, 7) is 2.16. The fraction of sp³-hybridized carbons (Fsp3) is 0.500. The molecule has 1 rings (SSSR count). The second-order valence-corrected chi connectivity index (χ2v) is 2.74. The van der Waals surface area contributed by atoms with Gasteiger partial charge in [0.1, 0.15) is 5.76 Å². The Kier molecular flexibility index (Phi) is 3.09. The number of ether oxygens (including phenoxy) is 1. The van der Waals surface area contributed by atoms with Crippen LogP contribution in [0.4, 0.5) is 0 Å². The van der Waals surface area contributed by atoms with Crippen molar-refractivity contribution in [1.82, 2.24) is 0 Å². The average molecular weight is 165 g/mol. The molecule has 66 valence electrons. The van der Waals surface area contributed by atoms with Gasteiger partial charge in [0.15, 0.2) is 0 Å². The van der Waals surface area contributed by atoms with E-state index >= 15 is 0 Å². The third-order valence-electron chi connectivity index (χ3n) is 2.06. The van der Waals surface area contributed by atoms with Crippen LogP contribution in [0.15, 0.2) is 28.5 Å². The van der Waals surface area contributed by atoms with Crippen molar-refractivity contribution in [3.05, 3.63) is 23.5 Å². The van der Waals surface area contributed by atoms with Crippen LogP contribution in [0.3, 0.4) is 0 Å². The maximum atomic E-state index is 5.17. The average Bonchev–Trinajstić information content (AvgIpc) is 2.16. The summed E-state index contributed by atoms with van der Waals surface area (Å²) in [4.78, 5) is 4.14. The first-order valence-corrected chi connectivity index (χ1v) is 4.22. The van der Waals surface area contributed by atoms with Crippen LogP contribution < -0.4 is 0 Å². The van der Waals surface area contributed by atoms with Crippen molar-refractivity contribution in [3.63, 3.8) is 0 Å². The van der Waals surface area contributed by atoms with Crippen molar-refractivity contribution in [2.75, 3.05) is 14.2 Å². The minimum absolute atomic E-state index is 0.898. The largest absolute Gasteiger partial charge is 0.495 e. The van der Waals surface area contributed by atoms with Crippen LogP contribution in [-0.4, -0.2) is 19.9 Å². The molecule has 2 nitrogen and oxygen atoms in total. The van der Waals surface area contributed by atoms with Crippen LogP contribution in [0.2, 0.25) is 0 Å². The summed E-state index contributed by atoms with van der Waals surface area (Å²) in [7, 11) is 3.47. The van der Waals surface area contributed by atoms with Gasteiger partial charge in [0, 0.05) is 7.05 Å². The first kappa shape index (κ1) is 9.04. The van der Waals surface area contributed by atoms with Crippen molar-refractivity contribution < 1.29 is 4.74 Å². The zero-order valence-corrected chi connectivity index (χ0v) is 7.92. The molecule has 0 heterocycles. The van der Waals surface area contributed by atoms with E-state index in [9.17, 15) is 0 Å². The zero-order chi connectivity index (χ0) is 8.97. The first-order valence-electron chi connectivity index (χ1n) is 4.22. The molecule has 0 N–H and O–H groups in total. The van der Waals surface area contributed by atoms with E-state index in [0.717, 1.165) is 24.3 Å². The van der Waals surface area contributed by atoms with E-state index in [0.29, 0.717) is 0 Å². The van der Waals surface area contributed by atoms with Gasteiger partial charge in [-0.05, 0) is 25.0 Å². The fourth-order valence-electron chi connectivity index (χ4n) is 1.26. The van der Waals surface area contributed by atoms with Gasteiger partial charge >= 0.3 is 0 Å². The molecule has 0 radical (unpaired) electrons. The van der Waals surface area contributed by atoms with Crippen LogP contribution in [0.25, 0.3) is 0 Å². The molecule has 0 fully saturated rings. The smallest absolute Gasteiger partial charge is 0.140 e. The lowest BCUT2D eigenvalue weighted by Crippen LogP contribution is -2.07. The summed E-state index contributed by atoms with van der Waals surface area (Å²) in [5, 5.41) is 0. The molecule has 2 heteroatoms. The lowest BCUT2D eigenvalue weighted by Gasteiger charge is -2.13. The van der Waals surface area contributed by atoms with Crippen molar-refractivity contribution in [2.24, 2.45) is 4.99 Å². The fourth-order valence-corrected chi connectivity index (χ4v) is 1.26. The lowest BCUT2D eigenvalue weighted by molar-refractivity contribution is 0.313. The van der Waals surface area contributed by atoms with E-state index < -0.39 is 0 Å². The molecular formula is C10H15NO. The second kappa shape index (κ2) is 4.10. The second-order valence-electron chi connectivity index (χ2n) is 2.74. The van der Waals surface area contributed by atoms with E-state index in [2.05, 4.69) is 24.1 Å². The highest BCUT2D eigenvalue weighted by molar-refractivity contribution is 6.08. The van der Waals surface area contributed by atoms with Crippen LogP contribution in [-0.2, 0) is 4.74 Å². The number of rotatable bonds is 2. The molecule has 0 saturated heterocycles. The Labute approximate surface area is 73.6 Å². The summed E-state index contributed by atoms with van der Waals surface area (Å²) in [6, 6.07) is 0. The molecular weight excluding hydrogens is 150 g/mol. The number of hydrogen-bond acceptors (Lipinski definition) is 2. The highest BCUT2D eigenvalue weighted by Crippen LogP contribution is 2.18. The summed E-state index contributed by atoms with van der Waals surface area (Å²) < 4.78 is 5.17. The van der Waals surface area contributed by atoms with Gasteiger partial charge in [0.05, 0.1) is 12.8 Å². The molecule has 0 saturated carbocycles. The minimum Gasteiger partial charge on any atom is -0.495 e. The van der Waals surface area contributed by atoms with E-state index in [1.54, 1.807) is 14.2 Å². The third kappa shape index (κ3) is 1.76. The number of nitrogens with zero attached hydrogens (tertiary/aromatic N) is 1. The van der Waals surface area contributed by atoms with E-state index in [-0.39, 0.29) is 0 Å². The van der Waals surface area contributed by atoms with E-state index in [1.807, 2.05) is 0 Å². The standard InChI is InChI=1S/C10H15NO/c1-4-8-5-6-10(12-3)9(7-8)11-2/h6-7H,4-5H2,1-3H3. The van der Waals surface area contributed by atoms with Gasteiger partial charge in [0.25, 0.3) is 0 Å². The molecule has 12 heavy (non-hydrogen) atoms. The highest BCUT2D eigenvalue weighted by atomic mass is 16.5. The maximum Gasteiger partial charge on any atom is 0.140 e. The summed E-state index contributed by atoms with van der Waals surface area (Å²) in [5.74, 6) is 0.898. The van der Waals surface area contributed by atoms with Gasteiger partial charge in [-0.3, -0.25) is 4.99 Å². The Balaban J connectivity index is 2.83. The van der Waals surface area contributed by atoms with Crippen molar-refractivity contribution in [1.29, 1.82) is 0 Å². The molecule has 0 aromatic rings. The SMILES string of the molecule is CCC1=CC(=NC)C(OC)=CC1.